The summed E-state index contributed by atoms with van der Waals surface area (Å²) in [5.41, 5.74) is 6.82. The van der Waals surface area contributed by atoms with Gasteiger partial charge in [0.05, 0.1) is 12.2 Å². The molecule has 2 rings (SSSR count). The molecular weight excluding hydrogens is 190 g/mol. The first-order chi connectivity index (χ1) is 7.31. The van der Waals surface area contributed by atoms with Crippen LogP contribution >= 0.6 is 0 Å². The summed E-state index contributed by atoms with van der Waals surface area (Å²) in [6.45, 7) is 0.293. The molecule has 0 saturated carbocycles. The van der Waals surface area contributed by atoms with E-state index in [1.165, 1.54) is 0 Å². The van der Waals surface area contributed by atoms with Crippen LogP contribution < -0.4 is 5.73 Å². The van der Waals surface area contributed by atoms with Crippen LogP contribution in [-0.4, -0.2) is 15.1 Å². The number of aromatic nitrogens is 2. The third kappa shape index (κ3) is 1.94. The van der Waals surface area contributed by atoms with Crippen molar-refractivity contribution in [1.29, 1.82) is 0 Å². The summed E-state index contributed by atoms with van der Waals surface area (Å²) in [6.07, 6.45) is 1.64. The first-order valence-electron chi connectivity index (χ1n) is 4.61. The van der Waals surface area contributed by atoms with Crippen molar-refractivity contribution in [1.82, 2.24) is 9.97 Å². The minimum Gasteiger partial charge on any atom is -0.507 e. The summed E-state index contributed by atoms with van der Waals surface area (Å²) in [4.78, 5) is 8.22. The van der Waals surface area contributed by atoms with E-state index in [1.807, 2.05) is 6.07 Å². The minimum atomic E-state index is 0.208. The fourth-order valence-corrected chi connectivity index (χ4v) is 1.34. The van der Waals surface area contributed by atoms with Crippen molar-refractivity contribution < 1.29 is 5.11 Å². The van der Waals surface area contributed by atoms with Crippen molar-refractivity contribution in [3.63, 3.8) is 0 Å². The molecule has 0 atom stereocenters. The monoisotopic (exact) mass is 201 g/mol. The predicted molar refractivity (Wildman–Crippen MR) is 57.0 cm³/mol. The van der Waals surface area contributed by atoms with Gasteiger partial charge >= 0.3 is 0 Å². The van der Waals surface area contributed by atoms with Crippen LogP contribution in [0.25, 0.3) is 11.3 Å². The summed E-state index contributed by atoms with van der Waals surface area (Å²) in [5, 5.41) is 9.64. The number of aromatic hydroxyl groups is 1. The molecule has 0 unspecified atom stereocenters. The zero-order valence-corrected chi connectivity index (χ0v) is 8.09. The maximum absolute atomic E-state index is 9.64. The van der Waals surface area contributed by atoms with Crippen LogP contribution in [0.1, 0.15) is 5.82 Å². The van der Waals surface area contributed by atoms with Gasteiger partial charge in [-0.2, -0.15) is 0 Å². The number of para-hydroxylation sites is 1. The molecule has 76 valence electrons. The van der Waals surface area contributed by atoms with Crippen molar-refractivity contribution in [3.8, 4) is 17.0 Å². The second-order valence-corrected chi connectivity index (χ2v) is 3.08. The van der Waals surface area contributed by atoms with Crippen molar-refractivity contribution in [2.45, 2.75) is 6.54 Å². The van der Waals surface area contributed by atoms with Gasteiger partial charge in [-0.15, -0.1) is 0 Å². The molecule has 4 nitrogen and oxygen atoms in total. The Morgan fingerprint density at radius 1 is 1.20 bits per heavy atom. The van der Waals surface area contributed by atoms with Crippen LogP contribution in [0.4, 0.5) is 0 Å². The maximum atomic E-state index is 9.64. The number of hydrogen-bond acceptors (Lipinski definition) is 4. The number of hydrogen-bond donors (Lipinski definition) is 2. The lowest BCUT2D eigenvalue weighted by molar-refractivity contribution is 0.477. The summed E-state index contributed by atoms with van der Waals surface area (Å²) in [5.74, 6) is 0.773. The molecule has 1 aromatic carbocycles. The standard InChI is InChI=1S/C11H11N3O/c12-7-11-13-6-5-9(14-11)8-3-1-2-4-10(8)15/h1-6,15H,7,12H2. The summed E-state index contributed by atoms with van der Waals surface area (Å²) < 4.78 is 0. The maximum Gasteiger partial charge on any atom is 0.142 e. The number of benzene rings is 1. The Kier molecular flexibility index (Phi) is 2.60. The average Bonchev–Trinajstić information content (AvgIpc) is 2.30. The molecule has 0 aliphatic rings. The van der Waals surface area contributed by atoms with Gasteiger partial charge in [-0.05, 0) is 18.2 Å². The summed E-state index contributed by atoms with van der Waals surface area (Å²) >= 11 is 0. The van der Waals surface area contributed by atoms with Crippen molar-refractivity contribution in [2.24, 2.45) is 5.73 Å². The highest BCUT2D eigenvalue weighted by molar-refractivity contribution is 5.66. The molecule has 3 N–H and O–H groups in total. The predicted octanol–water partition coefficient (Wildman–Crippen LogP) is 1.31. The third-order valence-corrected chi connectivity index (χ3v) is 2.07. The second kappa shape index (κ2) is 4.06. The summed E-state index contributed by atoms with van der Waals surface area (Å²) in [6, 6.07) is 8.79. The van der Waals surface area contributed by atoms with E-state index < -0.39 is 0 Å². The Morgan fingerprint density at radius 3 is 2.73 bits per heavy atom. The number of nitrogens with zero attached hydrogens (tertiary/aromatic N) is 2. The smallest absolute Gasteiger partial charge is 0.142 e. The van der Waals surface area contributed by atoms with Gasteiger partial charge in [-0.25, -0.2) is 9.97 Å². The first-order valence-corrected chi connectivity index (χ1v) is 4.61. The van der Waals surface area contributed by atoms with Gasteiger partial charge < -0.3 is 10.8 Å². The van der Waals surface area contributed by atoms with Crippen molar-refractivity contribution in [3.05, 3.63) is 42.4 Å². The molecule has 2 aromatic rings. The van der Waals surface area contributed by atoms with E-state index in [4.69, 9.17) is 5.73 Å². The van der Waals surface area contributed by atoms with Gasteiger partial charge in [0.1, 0.15) is 11.6 Å². The topological polar surface area (TPSA) is 72.0 Å². The van der Waals surface area contributed by atoms with Gasteiger partial charge in [0.2, 0.25) is 0 Å². The van der Waals surface area contributed by atoms with E-state index in [9.17, 15) is 5.11 Å². The highest BCUT2D eigenvalue weighted by Gasteiger charge is 2.05. The summed E-state index contributed by atoms with van der Waals surface area (Å²) in [7, 11) is 0. The fourth-order valence-electron chi connectivity index (χ4n) is 1.34. The Balaban J connectivity index is 2.49. The second-order valence-electron chi connectivity index (χ2n) is 3.08. The van der Waals surface area contributed by atoms with E-state index in [1.54, 1.807) is 30.5 Å². The third-order valence-electron chi connectivity index (χ3n) is 2.07. The number of phenolic OH excluding ortho intramolecular Hbond substituents is 1. The number of phenols is 1. The quantitative estimate of drug-likeness (QED) is 0.768. The Labute approximate surface area is 87.4 Å². The SMILES string of the molecule is NCc1nccc(-c2ccccc2O)n1. The Bertz CT molecular complexity index is 471. The van der Waals surface area contributed by atoms with E-state index in [0.29, 0.717) is 23.6 Å². The molecule has 0 aliphatic carbocycles. The van der Waals surface area contributed by atoms with Crippen LogP contribution in [0.15, 0.2) is 36.5 Å². The van der Waals surface area contributed by atoms with Crippen LogP contribution in [0.2, 0.25) is 0 Å². The van der Waals surface area contributed by atoms with Crippen LogP contribution in [0, 0.1) is 0 Å². The number of rotatable bonds is 2. The Hall–Kier alpha value is -1.94. The lowest BCUT2D eigenvalue weighted by Crippen LogP contribution is -2.03. The lowest BCUT2D eigenvalue weighted by atomic mass is 10.1. The van der Waals surface area contributed by atoms with Crippen LogP contribution in [0.3, 0.4) is 0 Å². The van der Waals surface area contributed by atoms with Gasteiger partial charge in [0.15, 0.2) is 0 Å². The van der Waals surface area contributed by atoms with E-state index in [2.05, 4.69) is 9.97 Å². The fraction of sp³-hybridized carbons (Fsp3) is 0.0909. The van der Waals surface area contributed by atoms with Gasteiger partial charge in [0, 0.05) is 11.8 Å². The molecular formula is C11H11N3O. The van der Waals surface area contributed by atoms with Crippen molar-refractivity contribution in [2.75, 3.05) is 0 Å². The van der Waals surface area contributed by atoms with E-state index >= 15 is 0 Å². The van der Waals surface area contributed by atoms with Crippen LogP contribution in [-0.2, 0) is 6.54 Å². The molecule has 0 bridgehead atoms. The van der Waals surface area contributed by atoms with Gasteiger partial charge in [0.25, 0.3) is 0 Å². The molecule has 0 spiro atoms. The average molecular weight is 201 g/mol. The molecule has 0 radical (unpaired) electrons. The molecule has 4 heteroatoms. The highest BCUT2D eigenvalue weighted by Crippen LogP contribution is 2.26. The van der Waals surface area contributed by atoms with E-state index in [0.717, 1.165) is 0 Å². The number of nitrogens with two attached hydrogens (primary N) is 1. The minimum absolute atomic E-state index is 0.208. The first kappa shape index (κ1) is 9.61. The molecule has 0 aliphatic heterocycles. The normalized spacial score (nSPS) is 10.2. The molecule has 0 amide bonds. The van der Waals surface area contributed by atoms with Crippen molar-refractivity contribution >= 4 is 0 Å². The van der Waals surface area contributed by atoms with Gasteiger partial charge in [-0.3, -0.25) is 0 Å². The van der Waals surface area contributed by atoms with Gasteiger partial charge in [-0.1, -0.05) is 12.1 Å². The lowest BCUT2D eigenvalue weighted by Gasteiger charge is -2.04. The molecule has 1 heterocycles. The zero-order chi connectivity index (χ0) is 10.7. The molecule has 15 heavy (non-hydrogen) atoms. The van der Waals surface area contributed by atoms with E-state index in [-0.39, 0.29) is 5.75 Å². The zero-order valence-electron chi connectivity index (χ0n) is 8.09. The largest absolute Gasteiger partial charge is 0.507 e. The van der Waals surface area contributed by atoms with Crippen LogP contribution in [0.5, 0.6) is 5.75 Å². The Morgan fingerprint density at radius 2 is 2.00 bits per heavy atom. The molecule has 1 aromatic heterocycles. The molecule has 0 saturated heterocycles. The highest BCUT2D eigenvalue weighted by atomic mass is 16.3. The molecule has 0 fully saturated rings.